The first-order valence-electron chi connectivity index (χ1n) is 7.15. The van der Waals surface area contributed by atoms with Crippen LogP contribution in [0.3, 0.4) is 0 Å². The van der Waals surface area contributed by atoms with Crippen molar-refractivity contribution in [3.63, 3.8) is 0 Å². The van der Waals surface area contributed by atoms with Crippen molar-refractivity contribution >= 4 is 0 Å². The third-order valence-electron chi connectivity index (χ3n) is 3.52. The maximum absolute atomic E-state index is 5.56. The predicted molar refractivity (Wildman–Crippen MR) is 79.7 cm³/mol. The molecule has 1 rings (SSSR count). The van der Waals surface area contributed by atoms with Crippen LogP contribution < -0.4 is 5.73 Å². The lowest BCUT2D eigenvalue weighted by molar-refractivity contribution is 0.316. The molecule has 1 aromatic rings. The van der Waals surface area contributed by atoms with Crippen molar-refractivity contribution in [3.05, 3.63) is 35.9 Å². The monoisotopic (exact) mass is 248 g/mol. The van der Waals surface area contributed by atoms with Gasteiger partial charge < -0.3 is 10.6 Å². The van der Waals surface area contributed by atoms with Crippen LogP contribution in [0, 0.1) is 5.92 Å². The van der Waals surface area contributed by atoms with Gasteiger partial charge in [0.05, 0.1) is 0 Å². The fourth-order valence-corrected chi connectivity index (χ4v) is 2.21. The van der Waals surface area contributed by atoms with Crippen molar-refractivity contribution in [3.8, 4) is 0 Å². The first kappa shape index (κ1) is 15.2. The van der Waals surface area contributed by atoms with E-state index in [0.29, 0.717) is 0 Å². The van der Waals surface area contributed by atoms with Crippen LogP contribution in [-0.2, 0) is 6.42 Å². The molecule has 0 aliphatic rings. The second kappa shape index (κ2) is 9.12. The second-order valence-electron chi connectivity index (χ2n) is 5.36. The molecule has 0 saturated carbocycles. The summed E-state index contributed by atoms with van der Waals surface area (Å²) in [5, 5.41) is 0. The smallest absolute Gasteiger partial charge is 0.00188 e. The van der Waals surface area contributed by atoms with Gasteiger partial charge in [-0.3, -0.25) is 0 Å². The molecular weight excluding hydrogens is 220 g/mol. The van der Waals surface area contributed by atoms with Crippen LogP contribution in [0.5, 0.6) is 0 Å². The summed E-state index contributed by atoms with van der Waals surface area (Å²) in [6, 6.07) is 10.7. The summed E-state index contributed by atoms with van der Waals surface area (Å²) < 4.78 is 0. The molecule has 0 spiro atoms. The van der Waals surface area contributed by atoms with Gasteiger partial charge in [-0.15, -0.1) is 0 Å². The Balaban J connectivity index is 2.09. The van der Waals surface area contributed by atoms with E-state index in [2.05, 4.69) is 49.2 Å². The number of nitrogens with zero attached hydrogens (tertiary/aromatic N) is 1. The van der Waals surface area contributed by atoms with Gasteiger partial charge in [-0.1, -0.05) is 37.3 Å². The molecule has 2 N–H and O–H groups in total. The van der Waals surface area contributed by atoms with Crippen molar-refractivity contribution in [2.75, 3.05) is 26.7 Å². The molecule has 2 heteroatoms. The average Bonchev–Trinajstić information content (AvgIpc) is 2.38. The number of hydrogen-bond donors (Lipinski definition) is 1. The summed E-state index contributed by atoms with van der Waals surface area (Å²) in [6.07, 6.45) is 4.89. The van der Waals surface area contributed by atoms with Crippen LogP contribution in [0.4, 0.5) is 0 Å². The fraction of sp³-hybridized carbons (Fsp3) is 0.625. The molecule has 0 saturated heterocycles. The number of hydrogen-bond acceptors (Lipinski definition) is 2. The van der Waals surface area contributed by atoms with E-state index in [4.69, 9.17) is 5.73 Å². The third kappa shape index (κ3) is 6.77. The van der Waals surface area contributed by atoms with Crippen molar-refractivity contribution in [1.29, 1.82) is 0 Å². The van der Waals surface area contributed by atoms with Gasteiger partial charge in [-0.25, -0.2) is 0 Å². The molecule has 102 valence electrons. The minimum absolute atomic E-state index is 0.775. The summed E-state index contributed by atoms with van der Waals surface area (Å²) in [6.45, 7) is 5.47. The Morgan fingerprint density at radius 1 is 1.11 bits per heavy atom. The fourth-order valence-electron chi connectivity index (χ4n) is 2.21. The molecule has 0 amide bonds. The summed E-state index contributed by atoms with van der Waals surface area (Å²) in [5.41, 5.74) is 6.99. The minimum Gasteiger partial charge on any atom is -0.330 e. The molecule has 0 aliphatic heterocycles. The van der Waals surface area contributed by atoms with Gasteiger partial charge in [0.1, 0.15) is 0 Å². The van der Waals surface area contributed by atoms with Crippen molar-refractivity contribution in [1.82, 2.24) is 4.90 Å². The zero-order valence-electron chi connectivity index (χ0n) is 11.9. The zero-order valence-corrected chi connectivity index (χ0v) is 11.9. The molecule has 1 unspecified atom stereocenters. The molecule has 0 radical (unpaired) electrons. The lowest BCUT2D eigenvalue weighted by Gasteiger charge is -2.18. The Morgan fingerprint density at radius 3 is 2.50 bits per heavy atom. The summed E-state index contributed by atoms with van der Waals surface area (Å²) in [4.78, 5) is 2.43. The molecule has 0 heterocycles. The molecule has 0 bridgehead atoms. The number of likely N-dealkylation sites (N-methyl/N-ethyl adjacent to an activating group) is 1. The standard InChI is InChI=1S/C16H28N2/c1-15(10-12-17)7-6-13-18(2)14-11-16-8-4-3-5-9-16/h3-5,8-9,15H,6-7,10-14,17H2,1-2H3. The van der Waals surface area contributed by atoms with E-state index in [1.807, 2.05) is 0 Å². The highest BCUT2D eigenvalue weighted by molar-refractivity contribution is 5.14. The number of benzene rings is 1. The van der Waals surface area contributed by atoms with Gasteiger partial charge in [0.25, 0.3) is 0 Å². The Morgan fingerprint density at radius 2 is 1.83 bits per heavy atom. The molecule has 0 aliphatic carbocycles. The van der Waals surface area contributed by atoms with E-state index in [-0.39, 0.29) is 0 Å². The number of nitrogens with two attached hydrogens (primary N) is 1. The first-order valence-corrected chi connectivity index (χ1v) is 7.15. The lowest BCUT2D eigenvalue weighted by Crippen LogP contribution is -2.23. The molecular formula is C16H28N2. The van der Waals surface area contributed by atoms with E-state index >= 15 is 0 Å². The first-order chi connectivity index (χ1) is 8.72. The largest absolute Gasteiger partial charge is 0.330 e. The Hall–Kier alpha value is -0.860. The molecule has 1 aromatic carbocycles. The van der Waals surface area contributed by atoms with E-state index < -0.39 is 0 Å². The van der Waals surface area contributed by atoms with Gasteiger partial charge >= 0.3 is 0 Å². The van der Waals surface area contributed by atoms with E-state index in [9.17, 15) is 0 Å². The summed E-state index contributed by atoms with van der Waals surface area (Å²) in [7, 11) is 2.22. The quantitative estimate of drug-likeness (QED) is 0.728. The molecule has 2 nitrogen and oxygen atoms in total. The summed E-state index contributed by atoms with van der Waals surface area (Å²) >= 11 is 0. The normalized spacial score (nSPS) is 12.9. The molecule has 1 atom stereocenters. The van der Waals surface area contributed by atoms with Gasteiger partial charge in [0.2, 0.25) is 0 Å². The van der Waals surface area contributed by atoms with Crippen LogP contribution in [0.1, 0.15) is 31.7 Å². The topological polar surface area (TPSA) is 29.3 Å². The second-order valence-corrected chi connectivity index (χ2v) is 5.36. The van der Waals surface area contributed by atoms with E-state index in [1.165, 1.54) is 24.9 Å². The zero-order chi connectivity index (χ0) is 13.2. The minimum atomic E-state index is 0.775. The maximum atomic E-state index is 5.56. The molecule has 0 aromatic heterocycles. The highest BCUT2D eigenvalue weighted by atomic mass is 15.1. The summed E-state index contributed by atoms with van der Waals surface area (Å²) in [5.74, 6) is 0.775. The van der Waals surface area contributed by atoms with Crippen LogP contribution in [0.2, 0.25) is 0 Å². The SMILES string of the molecule is CC(CCN)CCCN(C)CCc1ccccc1. The maximum Gasteiger partial charge on any atom is 0.00188 e. The van der Waals surface area contributed by atoms with Crippen LogP contribution in [0.15, 0.2) is 30.3 Å². The van der Waals surface area contributed by atoms with E-state index in [0.717, 1.165) is 31.8 Å². The van der Waals surface area contributed by atoms with Gasteiger partial charge in [0, 0.05) is 6.54 Å². The number of rotatable bonds is 9. The van der Waals surface area contributed by atoms with Gasteiger partial charge in [-0.05, 0) is 57.3 Å². The van der Waals surface area contributed by atoms with Gasteiger partial charge in [0.15, 0.2) is 0 Å². The Bertz CT molecular complexity index is 297. The highest BCUT2D eigenvalue weighted by Crippen LogP contribution is 2.09. The molecule has 18 heavy (non-hydrogen) atoms. The highest BCUT2D eigenvalue weighted by Gasteiger charge is 2.03. The van der Waals surface area contributed by atoms with Crippen molar-refractivity contribution in [2.45, 2.75) is 32.6 Å². The lowest BCUT2D eigenvalue weighted by atomic mass is 10.0. The van der Waals surface area contributed by atoms with Crippen LogP contribution >= 0.6 is 0 Å². The Kier molecular flexibility index (Phi) is 7.70. The van der Waals surface area contributed by atoms with Crippen LogP contribution in [0.25, 0.3) is 0 Å². The Labute approximate surface area is 112 Å². The third-order valence-corrected chi connectivity index (χ3v) is 3.52. The van der Waals surface area contributed by atoms with Gasteiger partial charge in [-0.2, -0.15) is 0 Å². The molecule has 0 fully saturated rings. The predicted octanol–water partition coefficient (Wildman–Crippen LogP) is 2.93. The van der Waals surface area contributed by atoms with Crippen molar-refractivity contribution in [2.24, 2.45) is 11.7 Å². The van der Waals surface area contributed by atoms with Crippen LogP contribution in [-0.4, -0.2) is 31.6 Å². The van der Waals surface area contributed by atoms with E-state index in [1.54, 1.807) is 0 Å². The van der Waals surface area contributed by atoms with Crippen molar-refractivity contribution < 1.29 is 0 Å². The average molecular weight is 248 g/mol.